The largest absolute Gasteiger partial charge is 0.456 e. The molecule has 0 aliphatic rings. The topological polar surface area (TPSA) is 79.1 Å². The van der Waals surface area contributed by atoms with Gasteiger partial charge in [-0.15, -0.1) is 0 Å². The van der Waals surface area contributed by atoms with Gasteiger partial charge in [-0.1, -0.05) is 0 Å². The fraction of sp³-hybridized carbons (Fsp3) is 0.294. The van der Waals surface area contributed by atoms with Crippen LogP contribution >= 0.6 is 0 Å². The van der Waals surface area contributed by atoms with Crippen molar-refractivity contribution in [2.24, 2.45) is 7.05 Å². The molecular formula is C17H17FN4O3. The maximum Gasteiger partial charge on any atom is 0.338 e. The smallest absolute Gasteiger partial charge is 0.338 e. The Morgan fingerprint density at radius 3 is 2.72 bits per heavy atom. The van der Waals surface area contributed by atoms with Gasteiger partial charge in [-0.3, -0.25) is 4.68 Å². The minimum atomic E-state index is -0.652. The van der Waals surface area contributed by atoms with Gasteiger partial charge in [0.2, 0.25) is 5.88 Å². The Labute approximate surface area is 143 Å². The van der Waals surface area contributed by atoms with E-state index in [1.807, 2.05) is 0 Å². The van der Waals surface area contributed by atoms with Crippen molar-refractivity contribution in [3.8, 4) is 11.6 Å². The van der Waals surface area contributed by atoms with Crippen LogP contribution in [0.2, 0.25) is 0 Å². The van der Waals surface area contributed by atoms with Gasteiger partial charge in [-0.25, -0.2) is 19.2 Å². The van der Waals surface area contributed by atoms with Gasteiger partial charge >= 0.3 is 5.97 Å². The summed E-state index contributed by atoms with van der Waals surface area (Å²) < 4.78 is 26.5. The summed E-state index contributed by atoms with van der Waals surface area (Å²) in [5.74, 6) is -1.17. The molecule has 0 N–H and O–H groups in total. The van der Waals surface area contributed by atoms with Crippen LogP contribution in [0.25, 0.3) is 11.0 Å². The van der Waals surface area contributed by atoms with E-state index in [0.717, 1.165) is 6.07 Å². The second-order valence-corrected chi connectivity index (χ2v) is 6.43. The molecule has 0 spiro atoms. The van der Waals surface area contributed by atoms with Crippen molar-refractivity contribution in [3.05, 3.63) is 42.1 Å². The Kier molecular flexibility index (Phi) is 4.12. The van der Waals surface area contributed by atoms with E-state index in [1.165, 1.54) is 24.7 Å². The maximum atomic E-state index is 14.1. The number of carbonyl (C=O) groups excluding carboxylic acids is 1. The monoisotopic (exact) mass is 344 g/mol. The first-order valence-corrected chi connectivity index (χ1v) is 7.58. The number of fused-ring (bicyclic) bond motifs is 1. The Morgan fingerprint density at radius 1 is 1.24 bits per heavy atom. The van der Waals surface area contributed by atoms with Crippen LogP contribution in [0.15, 0.2) is 30.7 Å². The van der Waals surface area contributed by atoms with Gasteiger partial charge in [0.25, 0.3) is 0 Å². The summed E-state index contributed by atoms with van der Waals surface area (Å²) in [4.78, 5) is 20.3. The van der Waals surface area contributed by atoms with Gasteiger partial charge in [0.15, 0.2) is 17.2 Å². The highest BCUT2D eigenvalue weighted by Gasteiger charge is 2.20. The lowest BCUT2D eigenvalue weighted by molar-refractivity contribution is 0.00691. The highest BCUT2D eigenvalue weighted by molar-refractivity contribution is 5.90. The van der Waals surface area contributed by atoms with Gasteiger partial charge in [-0.2, -0.15) is 5.10 Å². The van der Waals surface area contributed by atoms with Gasteiger partial charge in [0.1, 0.15) is 17.3 Å². The first-order valence-electron chi connectivity index (χ1n) is 7.58. The molecule has 8 heteroatoms. The quantitative estimate of drug-likeness (QED) is 0.679. The van der Waals surface area contributed by atoms with Crippen LogP contribution in [-0.2, 0) is 11.8 Å². The molecule has 1 aromatic carbocycles. The first-order chi connectivity index (χ1) is 11.7. The lowest BCUT2D eigenvalue weighted by atomic mass is 10.1. The molecule has 0 bridgehead atoms. The number of esters is 1. The number of nitrogens with zero attached hydrogens (tertiary/aromatic N) is 4. The average molecular weight is 344 g/mol. The van der Waals surface area contributed by atoms with Gasteiger partial charge in [-0.05, 0) is 39.0 Å². The van der Waals surface area contributed by atoms with Crippen LogP contribution in [0.5, 0.6) is 11.6 Å². The van der Waals surface area contributed by atoms with Crippen molar-refractivity contribution in [1.29, 1.82) is 0 Å². The van der Waals surface area contributed by atoms with E-state index in [4.69, 9.17) is 9.47 Å². The van der Waals surface area contributed by atoms with Crippen molar-refractivity contribution < 1.29 is 18.7 Å². The Hall–Kier alpha value is -3.03. The number of carbonyl (C=O) groups is 1. The van der Waals surface area contributed by atoms with Crippen molar-refractivity contribution in [3.63, 3.8) is 0 Å². The number of hydrogen-bond donors (Lipinski definition) is 0. The lowest BCUT2D eigenvalue weighted by Gasteiger charge is -2.19. The molecule has 0 saturated carbocycles. The first kappa shape index (κ1) is 16.8. The molecular weight excluding hydrogens is 327 g/mol. The molecule has 0 aliphatic carbocycles. The molecule has 130 valence electrons. The third kappa shape index (κ3) is 3.57. The van der Waals surface area contributed by atoms with E-state index in [9.17, 15) is 9.18 Å². The minimum absolute atomic E-state index is 0.132. The second kappa shape index (κ2) is 6.12. The van der Waals surface area contributed by atoms with Crippen LogP contribution in [-0.4, -0.2) is 31.3 Å². The molecule has 25 heavy (non-hydrogen) atoms. The van der Waals surface area contributed by atoms with Crippen LogP contribution in [0.1, 0.15) is 31.1 Å². The molecule has 0 aliphatic heterocycles. The van der Waals surface area contributed by atoms with E-state index in [1.54, 1.807) is 32.5 Å². The number of halogens is 1. The van der Waals surface area contributed by atoms with Crippen molar-refractivity contribution in [2.45, 2.75) is 26.4 Å². The summed E-state index contributed by atoms with van der Waals surface area (Å²) in [6.45, 7) is 5.27. The number of aromatic nitrogens is 4. The van der Waals surface area contributed by atoms with Crippen molar-refractivity contribution >= 4 is 17.0 Å². The van der Waals surface area contributed by atoms with E-state index < -0.39 is 17.4 Å². The SMILES string of the molecule is Cn1ncc2c(Oc3cc(C(=O)OC(C)(C)C)ccc3F)ncnc21. The van der Waals surface area contributed by atoms with Crippen molar-refractivity contribution in [2.75, 3.05) is 0 Å². The molecule has 7 nitrogen and oxygen atoms in total. The number of benzene rings is 1. The molecule has 0 radical (unpaired) electrons. The number of ether oxygens (including phenoxy) is 2. The summed E-state index contributed by atoms with van der Waals surface area (Å²) in [6, 6.07) is 3.78. The van der Waals surface area contributed by atoms with Gasteiger partial charge in [0.05, 0.1) is 11.8 Å². The zero-order valence-corrected chi connectivity index (χ0v) is 14.3. The number of hydrogen-bond acceptors (Lipinski definition) is 6. The van der Waals surface area contributed by atoms with Gasteiger partial charge in [0, 0.05) is 7.05 Å². The summed E-state index contributed by atoms with van der Waals surface area (Å²) in [7, 11) is 1.73. The fourth-order valence-electron chi connectivity index (χ4n) is 2.17. The zero-order chi connectivity index (χ0) is 18.2. The minimum Gasteiger partial charge on any atom is -0.456 e. The molecule has 2 heterocycles. The zero-order valence-electron chi connectivity index (χ0n) is 14.3. The summed E-state index contributed by atoms with van der Waals surface area (Å²) in [5.41, 5.74) is 0.0811. The summed E-state index contributed by atoms with van der Waals surface area (Å²) in [5, 5.41) is 4.61. The van der Waals surface area contributed by atoms with Crippen LogP contribution in [0.3, 0.4) is 0 Å². The lowest BCUT2D eigenvalue weighted by Crippen LogP contribution is -2.23. The fourth-order valence-corrected chi connectivity index (χ4v) is 2.17. The molecule has 0 fully saturated rings. The van der Waals surface area contributed by atoms with Gasteiger partial charge < -0.3 is 9.47 Å². The second-order valence-electron chi connectivity index (χ2n) is 6.43. The molecule has 3 aromatic rings. The summed E-state index contributed by atoms with van der Waals surface area (Å²) >= 11 is 0. The van der Waals surface area contributed by atoms with E-state index >= 15 is 0 Å². The standard InChI is InChI=1S/C17H17FN4O3/c1-17(2,3)25-16(23)10-5-6-12(18)13(7-10)24-15-11-8-21-22(4)14(11)19-9-20-15/h5-9H,1-4H3. The summed E-state index contributed by atoms with van der Waals surface area (Å²) in [6.07, 6.45) is 2.83. The third-order valence-electron chi connectivity index (χ3n) is 3.27. The van der Waals surface area contributed by atoms with Crippen LogP contribution in [0, 0.1) is 5.82 Å². The third-order valence-corrected chi connectivity index (χ3v) is 3.27. The van der Waals surface area contributed by atoms with E-state index in [2.05, 4.69) is 15.1 Å². The van der Waals surface area contributed by atoms with Crippen LogP contribution < -0.4 is 4.74 Å². The molecule has 0 saturated heterocycles. The Bertz CT molecular complexity index is 947. The maximum absolute atomic E-state index is 14.1. The number of aryl methyl sites for hydroxylation is 1. The van der Waals surface area contributed by atoms with E-state index in [0.29, 0.717) is 11.0 Å². The van der Waals surface area contributed by atoms with E-state index in [-0.39, 0.29) is 17.2 Å². The average Bonchev–Trinajstić information content (AvgIpc) is 2.90. The van der Waals surface area contributed by atoms with Crippen LogP contribution in [0.4, 0.5) is 4.39 Å². The van der Waals surface area contributed by atoms with Crippen molar-refractivity contribution in [1.82, 2.24) is 19.7 Å². The predicted molar refractivity (Wildman–Crippen MR) is 87.9 cm³/mol. The molecule has 0 amide bonds. The number of rotatable bonds is 3. The molecule has 2 aromatic heterocycles. The molecule has 0 unspecified atom stereocenters. The molecule has 0 atom stereocenters. The highest BCUT2D eigenvalue weighted by atomic mass is 19.1. The Morgan fingerprint density at radius 2 is 2.00 bits per heavy atom. The molecule has 3 rings (SSSR count). The normalized spacial score (nSPS) is 11.6. The Balaban J connectivity index is 1.94. The highest BCUT2D eigenvalue weighted by Crippen LogP contribution is 2.29. The predicted octanol–water partition coefficient (Wildman–Crippen LogP) is 3.25.